The van der Waals surface area contributed by atoms with Gasteiger partial charge in [0.05, 0.1) is 0 Å². The van der Waals surface area contributed by atoms with Crippen LogP contribution in [0.3, 0.4) is 0 Å². The average Bonchev–Trinajstić information content (AvgIpc) is 1.44. The molecule has 0 bridgehead atoms. The fourth-order valence-corrected chi connectivity index (χ4v) is 14.8. The summed E-state index contributed by atoms with van der Waals surface area (Å²) in [7, 11) is 0. The van der Waals surface area contributed by atoms with Crippen molar-refractivity contribution in [3.63, 3.8) is 0 Å². The van der Waals surface area contributed by atoms with Crippen LogP contribution in [0.2, 0.25) is 0 Å². The van der Waals surface area contributed by atoms with Gasteiger partial charge in [0.2, 0.25) is 0 Å². The van der Waals surface area contributed by atoms with Gasteiger partial charge in [-0.05, 0) is 196 Å². The van der Waals surface area contributed by atoms with Gasteiger partial charge in [-0.3, -0.25) is 0 Å². The van der Waals surface area contributed by atoms with Gasteiger partial charge < -0.3 is 0 Å². The highest BCUT2D eigenvalue weighted by Crippen LogP contribution is 2.54. The predicted octanol–water partition coefficient (Wildman–Crippen LogP) is 23.3. The minimum Gasteiger partial charge on any atom is -0.0622 e. The largest absolute Gasteiger partial charge is 0.0622 e. The summed E-state index contributed by atoms with van der Waals surface area (Å²) in [6.07, 6.45) is 0. The molecule has 418 valence electrons. The summed E-state index contributed by atoms with van der Waals surface area (Å²) in [5.74, 6) is 0. The Labute approximate surface area is 506 Å². The summed E-state index contributed by atoms with van der Waals surface area (Å²) in [5.41, 5.74) is 19.9. The molecular weight excluding hydrogens is 1030 g/mol. The van der Waals surface area contributed by atoms with Gasteiger partial charge >= 0.3 is 0 Å². The van der Waals surface area contributed by atoms with Crippen molar-refractivity contribution in [3.05, 3.63) is 295 Å². The third kappa shape index (κ3) is 8.23. The van der Waals surface area contributed by atoms with Crippen molar-refractivity contribution in [2.45, 2.75) is 105 Å². The predicted molar refractivity (Wildman–Crippen MR) is 367 cm³/mol. The highest BCUT2D eigenvalue weighted by Gasteiger charge is 2.32. The lowest BCUT2D eigenvalue weighted by Crippen LogP contribution is -2.17. The number of hydrogen-bond acceptors (Lipinski definition) is 0. The second-order valence-electron chi connectivity index (χ2n) is 28.7. The molecule has 0 spiro atoms. The molecule has 0 aliphatic heterocycles. The molecule has 0 heteroatoms. The summed E-state index contributed by atoms with van der Waals surface area (Å²) in [5, 5.41) is 20.8. The standard InChI is InChI=1S/C86H74/c1-83(2,3)57-45-55(46-58(49-57)84(4,5)6)73-79-67-43-41-65-75-66(78-70(52-31-19-14-20-32-52)62-38-26-25-37-61(62)69(77(65)78)51-29-17-13-18-30-51)42-44-68(76(67)75)80(79)74(56-47-59(85(7,8)9)50-60(48-56)86(10,11)12)82-72(54-35-23-16-24-36-54)64-40-28-27-39-63(64)71(81(73)82)53-33-21-15-22-34-53/h13-50H,1-12H3. The topological polar surface area (TPSA) is 0 Å². The van der Waals surface area contributed by atoms with Crippen LogP contribution >= 0.6 is 0 Å². The van der Waals surface area contributed by atoms with E-state index >= 15 is 0 Å². The third-order valence-corrected chi connectivity index (χ3v) is 19.1. The molecule has 0 N–H and O–H groups in total. The molecule has 2 aliphatic carbocycles. The molecule has 0 radical (unpaired) electrons. The van der Waals surface area contributed by atoms with E-state index in [1.54, 1.807) is 0 Å². The SMILES string of the molecule is CC(C)(C)c1cc(-c2c3c(c(-c4cc(C(C)(C)C)cc(C(C)(C)C)c4)c4c(-c5ccccc5)c5ccccc5c(-c5ccccc5)c24)=c2ccc4c5c(ccc=3c25)=c2c(-c3ccccc3)c3ccccc3c(-c3ccccc3)c2=4)cc(C(C)(C)C)c1. The quantitative estimate of drug-likeness (QED) is 0.146. The van der Waals surface area contributed by atoms with Crippen molar-refractivity contribution in [3.8, 4) is 66.8 Å². The zero-order valence-corrected chi connectivity index (χ0v) is 51.9. The van der Waals surface area contributed by atoms with Crippen LogP contribution < -0.4 is 0 Å². The van der Waals surface area contributed by atoms with E-state index in [0.29, 0.717) is 0 Å². The maximum absolute atomic E-state index is 2.58. The molecule has 0 saturated carbocycles. The summed E-state index contributed by atoms with van der Waals surface area (Å²) >= 11 is 0. The minimum atomic E-state index is -0.135. The lowest BCUT2D eigenvalue weighted by Gasteiger charge is -2.29. The lowest BCUT2D eigenvalue weighted by molar-refractivity contribution is 0.568. The lowest BCUT2D eigenvalue weighted by atomic mass is 9.74. The zero-order valence-electron chi connectivity index (χ0n) is 51.9. The van der Waals surface area contributed by atoms with Gasteiger partial charge in [0, 0.05) is 0 Å². The smallest absolute Gasteiger partial charge is 0.000116 e. The molecule has 0 saturated heterocycles. The van der Waals surface area contributed by atoms with Crippen LogP contribution in [0.15, 0.2) is 231 Å². The Morgan fingerprint density at radius 3 is 0.663 bits per heavy atom. The Kier molecular flexibility index (Phi) is 12.0. The highest BCUT2D eigenvalue weighted by atomic mass is 14.3. The van der Waals surface area contributed by atoms with E-state index in [1.165, 1.54) is 174 Å². The first kappa shape index (κ1) is 53.6. The van der Waals surface area contributed by atoms with Crippen molar-refractivity contribution in [2.75, 3.05) is 0 Å². The molecule has 0 aromatic heterocycles. The maximum atomic E-state index is 2.58. The van der Waals surface area contributed by atoms with E-state index in [1.807, 2.05) is 0 Å². The fourth-order valence-electron chi connectivity index (χ4n) is 14.8. The van der Waals surface area contributed by atoms with Gasteiger partial charge in [0.15, 0.2) is 0 Å². The minimum absolute atomic E-state index is 0.135. The Morgan fingerprint density at radius 2 is 0.407 bits per heavy atom. The van der Waals surface area contributed by atoms with Gasteiger partial charge in [0.1, 0.15) is 0 Å². The van der Waals surface area contributed by atoms with E-state index in [0.717, 1.165) is 0 Å². The average molecular weight is 1110 g/mol. The molecule has 0 amide bonds. The van der Waals surface area contributed by atoms with Crippen LogP contribution in [-0.2, 0) is 21.7 Å². The monoisotopic (exact) mass is 1110 g/mol. The molecule has 2 aliphatic rings. The summed E-state index contributed by atoms with van der Waals surface area (Å²) in [6.45, 7) is 28.7. The Bertz CT molecular complexity index is 5030. The van der Waals surface area contributed by atoms with Crippen molar-refractivity contribution in [1.29, 1.82) is 0 Å². The fraction of sp³-hybridized carbons (Fsp3) is 0.186. The summed E-state index contributed by atoms with van der Waals surface area (Å²) < 4.78 is 0. The first-order valence-corrected chi connectivity index (χ1v) is 31.1. The Balaban J connectivity index is 1.33. The first-order valence-electron chi connectivity index (χ1n) is 31.1. The van der Waals surface area contributed by atoms with Crippen molar-refractivity contribution in [2.24, 2.45) is 0 Å². The van der Waals surface area contributed by atoms with Crippen molar-refractivity contribution < 1.29 is 0 Å². The molecule has 0 fully saturated rings. The Morgan fingerprint density at radius 1 is 0.186 bits per heavy atom. The van der Waals surface area contributed by atoms with E-state index in [9.17, 15) is 0 Å². The summed E-state index contributed by atoms with van der Waals surface area (Å²) in [6, 6.07) is 89.0. The van der Waals surface area contributed by atoms with Crippen molar-refractivity contribution >= 4 is 43.1 Å². The van der Waals surface area contributed by atoms with Crippen LogP contribution in [0.1, 0.15) is 105 Å². The number of benzene rings is 13. The van der Waals surface area contributed by atoms with Crippen LogP contribution in [0.25, 0.3) is 110 Å². The van der Waals surface area contributed by atoms with Crippen LogP contribution in [-0.4, -0.2) is 0 Å². The van der Waals surface area contributed by atoms with Gasteiger partial charge in [0.25, 0.3) is 0 Å². The Hall–Kier alpha value is -9.10. The van der Waals surface area contributed by atoms with Gasteiger partial charge in [-0.1, -0.05) is 314 Å². The second kappa shape index (κ2) is 19.2. The van der Waals surface area contributed by atoms with Gasteiger partial charge in [-0.25, -0.2) is 0 Å². The number of hydrogen-bond donors (Lipinski definition) is 0. The van der Waals surface area contributed by atoms with Gasteiger partial charge in [-0.2, -0.15) is 0 Å². The van der Waals surface area contributed by atoms with Gasteiger partial charge in [-0.15, -0.1) is 0 Å². The molecule has 0 unspecified atom stereocenters. The zero-order chi connectivity index (χ0) is 59.3. The van der Waals surface area contributed by atoms with Crippen molar-refractivity contribution in [1.82, 2.24) is 0 Å². The molecule has 0 nitrogen and oxygen atoms in total. The molecule has 86 heavy (non-hydrogen) atoms. The van der Waals surface area contributed by atoms with E-state index in [-0.39, 0.29) is 21.7 Å². The molecule has 15 rings (SSSR count). The van der Waals surface area contributed by atoms with Crippen LogP contribution in [0.5, 0.6) is 0 Å². The first-order chi connectivity index (χ1) is 41.3. The molecule has 0 atom stereocenters. The third-order valence-electron chi connectivity index (χ3n) is 19.1. The molecular formula is C86H74. The normalized spacial score (nSPS) is 12.9. The molecule has 13 aromatic rings. The number of fused-ring (bicyclic) bond motifs is 5. The number of rotatable bonds is 6. The van der Waals surface area contributed by atoms with E-state index in [4.69, 9.17) is 0 Å². The van der Waals surface area contributed by atoms with Crippen LogP contribution in [0.4, 0.5) is 0 Å². The second-order valence-corrected chi connectivity index (χ2v) is 28.7. The van der Waals surface area contributed by atoms with E-state index in [2.05, 4.69) is 314 Å². The summed E-state index contributed by atoms with van der Waals surface area (Å²) in [4.78, 5) is 0. The van der Waals surface area contributed by atoms with E-state index < -0.39 is 0 Å². The maximum Gasteiger partial charge on any atom is -0.000116 e. The highest BCUT2D eigenvalue weighted by molar-refractivity contribution is 6.28. The molecule has 0 heterocycles. The van der Waals surface area contributed by atoms with Crippen LogP contribution in [0, 0.1) is 41.7 Å². The molecule has 13 aromatic carbocycles.